The fourth-order valence-electron chi connectivity index (χ4n) is 2.60. The van der Waals surface area contributed by atoms with Gasteiger partial charge in [0.2, 0.25) is 0 Å². The molecule has 140 valence electrons. The van der Waals surface area contributed by atoms with Crippen LogP contribution in [-0.4, -0.2) is 11.1 Å². The standard InChI is InChI=1S/C21H21FN2O3/c1-13-4-5-16(10-20(13)22)11-23-21(25)17-6-8-18(9-7-17)26-12-19-14(2)24-27-15(19)3/h4-10H,11-12H2,1-3H3,(H,23,25). The third-order valence-electron chi connectivity index (χ3n) is 4.37. The lowest BCUT2D eigenvalue weighted by molar-refractivity contribution is 0.0951. The molecule has 0 radical (unpaired) electrons. The van der Waals surface area contributed by atoms with Crippen LogP contribution < -0.4 is 10.1 Å². The zero-order chi connectivity index (χ0) is 19.4. The fraction of sp³-hybridized carbons (Fsp3) is 0.238. The van der Waals surface area contributed by atoms with Gasteiger partial charge < -0.3 is 14.6 Å². The Morgan fingerprint density at radius 1 is 1.15 bits per heavy atom. The molecule has 0 bridgehead atoms. The molecule has 3 aromatic rings. The molecule has 3 rings (SSSR count). The second-order valence-electron chi connectivity index (χ2n) is 6.38. The molecule has 0 aliphatic carbocycles. The van der Waals surface area contributed by atoms with Crippen molar-refractivity contribution < 1.29 is 18.4 Å². The Labute approximate surface area is 157 Å². The van der Waals surface area contributed by atoms with Gasteiger partial charge in [-0.25, -0.2) is 4.39 Å². The van der Waals surface area contributed by atoms with Gasteiger partial charge in [0.25, 0.3) is 5.91 Å². The molecule has 0 saturated heterocycles. The average Bonchev–Trinajstić information content (AvgIpc) is 2.99. The van der Waals surface area contributed by atoms with Crippen molar-refractivity contribution >= 4 is 5.91 Å². The number of hydrogen-bond donors (Lipinski definition) is 1. The van der Waals surface area contributed by atoms with Gasteiger partial charge in [0.05, 0.1) is 11.3 Å². The number of ether oxygens (including phenoxy) is 1. The van der Waals surface area contributed by atoms with Crippen LogP contribution in [0, 0.1) is 26.6 Å². The van der Waals surface area contributed by atoms with E-state index in [1.54, 1.807) is 43.3 Å². The number of nitrogens with zero attached hydrogens (tertiary/aromatic N) is 1. The van der Waals surface area contributed by atoms with Crippen molar-refractivity contribution in [1.29, 1.82) is 0 Å². The van der Waals surface area contributed by atoms with Gasteiger partial charge in [-0.1, -0.05) is 17.3 Å². The van der Waals surface area contributed by atoms with Gasteiger partial charge in [0, 0.05) is 12.1 Å². The van der Waals surface area contributed by atoms with Crippen LogP contribution in [-0.2, 0) is 13.2 Å². The lowest BCUT2D eigenvalue weighted by atomic mass is 10.1. The van der Waals surface area contributed by atoms with Crippen LogP contribution in [0.3, 0.4) is 0 Å². The first kappa shape index (κ1) is 18.6. The molecule has 27 heavy (non-hydrogen) atoms. The molecule has 1 aromatic heterocycles. The Hall–Kier alpha value is -3.15. The van der Waals surface area contributed by atoms with Gasteiger partial charge in [0.1, 0.15) is 23.9 Å². The summed E-state index contributed by atoms with van der Waals surface area (Å²) in [5.41, 5.74) is 3.52. The molecule has 0 spiro atoms. The summed E-state index contributed by atoms with van der Waals surface area (Å²) in [5, 5.41) is 6.67. The van der Waals surface area contributed by atoms with E-state index in [-0.39, 0.29) is 18.3 Å². The normalized spacial score (nSPS) is 10.7. The summed E-state index contributed by atoms with van der Waals surface area (Å²) < 4.78 is 24.4. The van der Waals surface area contributed by atoms with E-state index in [0.29, 0.717) is 29.0 Å². The summed E-state index contributed by atoms with van der Waals surface area (Å²) >= 11 is 0. The lowest BCUT2D eigenvalue weighted by Gasteiger charge is -2.08. The highest BCUT2D eigenvalue weighted by molar-refractivity contribution is 5.94. The van der Waals surface area contributed by atoms with E-state index in [9.17, 15) is 9.18 Å². The highest BCUT2D eigenvalue weighted by Crippen LogP contribution is 2.18. The SMILES string of the molecule is Cc1ccc(CNC(=O)c2ccc(OCc3c(C)noc3C)cc2)cc1F. The van der Waals surface area contributed by atoms with Gasteiger partial charge in [-0.05, 0) is 62.2 Å². The van der Waals surface area contributed by atoms with Gasteiger partial charge in [-0.3, -0.25) is 4.79 Å². The Morgan fingerprint density at radius 3 is 2.52 bits per heavy atom. The van der Waals surface area contributed by atoms with Crippen molar-refractivity contribution in [3.05, 3.63) is 82.0 Å². The molecule has 0 aliphatic heterocycles. The molecule has 1 heterocycles. The van der Waals surface area contributed by atoms with Crippen LogP contribution >= 0.6 is 0 Å². The van der Waals surface area contributed by atoms with Crippen molar-refractivity contribution in [3.8, 4) is 5.75 Å². The van der Waals surface area contributed by atoms with Crippen molar-refractivity contribution in [1.82, 2.24) is 10.5 Å². The number of halogens is 1. The number of amides is 1. The van der Waals surface area contributed by atoms with Crippen molar-refractivity contribution in [2.75, 3.05) is 0 Å². The Balaban J connectivity index is 1.56. The van der Waals surface area contributed by atoms with E-state index < -0.39 is 0 Å². The largest absolute Gasteiger partial charge is 0.489 e. The zero-order valence-corrected chi connectivity index (χ0v) is 15.5. The maximum absolute atomic E-state index is 13.6. The van der Waals surface area contributed by atoms with Crippen molar-refractivity contribution in [3.63, 3.8) is 0 Å². The summed E-state index contributed by atoms with van der Waals surface area (Å²) in [7, 11) is 0. The topological polar surface area (TPSA) is 64.4 Å². The number of benzene rings is 2. The molecule has 1 amide bonds. The molecule has 1 N–H and O–H groups in total. The Bertz CT molecular complexity index is 929. The minimum Gasteiger partial charge on any atom is -0.489 e. The molecular formula is C21H21FN2O3. The fourth-order valence-corrected chi connectivity index (χ4v) is 2.60. The summed E-state index contributed by atoms with van der Waals surface area (Å²) in [6, 6.07) is 11.8. The van der Waals surface area contributed by atoms with Crippen molar-refractivity contribution in [2.24, 2.45) is 0 Å². The summed E-state index contributed by atoms with van der Waals surface area (Å²) in [6.45, 7) is 6.02. The highest BCUT2D eigenvalue weighted by Gasteiger charge is 2.10. The number of aryl methyl sites for hydroxylation is 3. The first-order chi connectivity index (χ1) is 12.9. The number of rotatable bonds is 6. The third kappa shape index (κ3) is 4.53. The first-order valence-corrected chi connectivity index (χ1v) is 8.62. The van der Waals surface area contributed by atoms with E-state index in [0.717, 1.165) is 17.0 Å². The lowest BCUT2D eigenvalue weighted by Crippen LogP contribution is -2.22. The second kappa shape index (κ2) is 8.03. The molecule has 0 saturated carbocycles. The van der Waals surface area contributed by atoms with Crippen LogP contribution in [0.25, 0.3) is 0 Å². The zero-order valence-electron chi connectivity index (χ0n) is 15.5. The number of nitrogens with one attached hydrogen (secondary N) is 1. The summed E-state index contributed by atoms with van der Waals surface area (Å²) in [4.78, 5) is 12.2. The van der Waals surface area contributed by atoms with Gasteiger partial charge in [-0.15, -0.1) is 0 Å². The third-order valence-corrected chi connectivity index (χ3v) is 4.37. The minimum atomic E-state index is -0.276. The molecule has 0 aliphatic rings. The van der Waals surface area contributed by atoms with Crippen LogP contribution in [0.1, 0.15) is 38.5 Å². The average molecular weight is 368 g/mol. The second-order valence-corrected chi connectivity index (χ2v) is 6.38. The number of carbonyl (C=O) groups is 1. The number of aromatic nitrogens is 1. The maximum atomic E-state index is 13.6. The Kier molecular flexibility index (Phi) is 5.54. The summed E-state index contributed by atoms with van der Waals surface area (Å²) in [6.07, 6.45) is 0. The van der Waals surface area contributed by atoms with Crippen LogP contribution in [0.5, 0.6) is 5.75 Å². The predicted molar refractivity (Wildman–Crippen MR) is 99.1 cm³/mol. The smallest absolute Gasteiger partial charge is 0.251 e. The van der Waals surface area contributed by atoms with Crippen LogP contribution in [0.4, 0.5) is 4.39 Å². The minimum absolute atomic E-state index is 0.228. The molecule has 6 heteroatoms. The molecule has 0 fully saturated rings. The summed E-state index contributed by atoms with van der Waals surface area (Å²) in [5.74, 6) is 0.873. The van der Waals surface area contributed by atoms with Gasteiger partial charge in [0.15, 0.2) is 0 Å². The highest BCUT2D eigenvalue weighted by atomic mass is 19.1. The first-order valence-electron chi connectivity index (χ1n) is 8.62. The van der Waals surface area contributed by atoms with E-state index in [2.05, 4.69) is 10.5 Å². The maximum Gasteiger partial charge on any atom is 0.251 e. The van der Waals surface area contributed by atoms with Gasteiger partial charge >= 0.3 is 0 Å². The molecule has 2 aromatic carbocycles. The number of hydrogen-bond acceptors (Lipinski definition) is 4. The van der Waals surface area contributed by atoms with E-state index >= 15 is 0 Å². The molecule has 0 unspecified atom stereocenters. The van der Waals surface area contributed by atoms with Crippen LogP contribution in [0.2, 0.25) is 0 Å². The van der Waals surface area contributed by atoms with Gasteiger partial charge in [-0.2, -0.15) is 0 Å². The molecule has 5 nitrogen and oxygen atoms in total. The van der Waals surface area contributed by atoms with Crippen molar-refractivity contribution in [2.45, 2.75) is 33.9 Å². The van der Waals surface area contributed by atoms with E-state index in [1.165, 1.54) is 6.07 Å². The quantitative estimate of drug-likeness (QED) is 0.706. The number of carbonyl (C=O) groups excluding carboxylic acids is 1. The monoisotopic (exact) mass is 368 g/mol. The van der Waals surface area contributed by atoms with E-state index in [1.807, 2.05) is 13.8 Å². The Morgan fingerprint density at radius 2 is 1.89 bits per heavy atom. The molecule has 0 atom stereocenters. The van der Waals surface area contributed by atoms with Crippen LogP contribution in [0.15, 0.2) is 47.0 Å². The molecular weight excluding hydrogens is 347 g/mol. The van der Waals surface area contributed by atoms with E-state index in [4.69, 9.17) is 9.26 Å². The predicted octanol–water partition coefficient (Wildman–Crippen LogP) is 4.25.